The van der Waals surface area contributed by atoms with Gasteiger partial charge in [-0.15, -0.1) is 0 Å². The molecule has 5 heteroatoms. The number of carboxylic acid groups (broad SMARTS) is 1. The van der Waals surface area contributed by atoms with Gasteiger partial charge >= 0.3 is 5.97 Å². The van der Waals surface area contributed by atoms with E-state index < -0.39 is 5.97 Å². The molecule has 0 fully saturated rings. The van der Waals surface area contributed by atoms with Gasteiger partial charge in [-0.1, -0.05) is 42.5 Å². The van der Waals surface area contributed by atoms with E-state index in [1.54, 1.807) is 18.3 Å². The molecule has 136 valence electrons. The first-order valence-electron chi connectivity index (χ1n) is 8.59. The summed E-state index contributed by atoms with van der Waals surface area (Å²) in [6.45, 7) is 0.849. The molecule has 0 heterocycles. The van der Waals surface area contributed by atoms with Crippen molar-refractivity contribution in [3.8, 4) is 0 Å². The third-order valence-corrected chi connectivity index (χ3v) is 4.14. The number of nitrogens with one attached hydrogen (secondary N) is 1. The Labute approximate surface area is 158 Å². The molecule has 0 bridgehead atoms. The van der Waals surface area contributed by atoms with Gasteiger partial charge in [0.05, 0.1) is 17.5 Å². The first-order valence-corrected chi connectivity index (χ1v) is 8.59. The fourth-order valence-corrected chi connectivity index (χ4v) is 2.63. The minimum Gasteiger partial charge on any atom is -0.478 e. The number of carbonyl (C=O) groups is 1. The lowest BCUT2D eigenvalue weighted by Gasteiger charge is -2.19. The quantitative estimate of drug-likeness (QED) is 0.483. The van der Waals surface area contributed by atoms with Crippen molar-refractivity contribution in [2.45, 2.75) is 6.54 Å². The second-order valence-electron chi connectivity index (χ2n) is 6.19. The Morgan fingerprint density at radius 2 is 1.67 bits per heavy atom. The molecule has 5 nitrogen and oxygen atoms in total. The van der Waals surface area contributed by atoms with E-state index in [2.05, 4.69) is 46.7 Å². The number of anilines is 2. The van der Waals surface area contributed by atoms with Crippen molar-refractivity contribution >= 4 is 23.6 Å². The molecule has 3 aromatic carbocycles. The largest absolute Gasteiger partial charge is 0.478 e. The van der Waals surface area contributed by atoms with E-state index in [1.165, 1.54) is 17.7 Å². The summed E-state index contributed by atoms with van der Waals surface area (Å²) >= 11 is 0. The molecule has 0 aliphatic carbocycles. The number of carboxylic acids is 1. The van der Waals surface area contributed by atoms with Gasteiger partial charge in [0, 0.05) is 19.3 Å². The summed E-state index contributed by atoms with van der Waals surface area (Å²) in [6.07, 6.45) is 1.73. The van der Waals surface area contributed by atoms with Crippen LogP contribution in [0.2, 0.25) is 0 Å². The van der Waals surface area contributed by atoms with Crippen LogP contribution < -0.4 is 10.3 Å². The smallest absolute Gasteiger partial charge is 0.335 e. The van der Waals surface area contributed by atoms with Crippen LogP contribution in [-0.2, 0) is 6.54 Å². The zero-order chi connectivity index (χ0) is 19.1. The van der Waals surface area contributed by atoms with Crippen molar-refractivity contribution in [1.29, 1.82) is 0 Å². The number of rotatable bonds is 7. The fraction of sp³-hybridized carbons (Fsp3) is 0.0909. The maximum atomic E-state index is 10.8. The van der Waals surface area contributed by atoms with E-state index in [0.717, 1.165) is 23.5 Å². The Balaban J connectivity index is 1.56. The summed E-state index contributed by atoms with van der Waals surface area (Å²) < 4.78 is 0. The Morgan fingerprint density at radius 3 is 2.30 bits per heavy atom. The summed E-state index contributed by atoms with van der Waals surface area (Å²) in [7, 11) is 2.07. The van der Waals surface area contributed by atoms with Gasteiger partial charge in [-0.25, -0.2) is 4.79 Å². The molecule has 0 saturated heterocycles. The molecule has 0 aliphatic rings. The van der Waals surface area contributed by atoms with E-state index in [1.807, 2.05) is 30.3 Å². The van der Waals surface area contributed by atoms with Crippen molar-refractivity contribution in [1.82, 2.24) is 0 Å². The van der Waals surface area contributed by atoms with Gasteiger partial charge in [0.25, 0.3) is 0 Å². The first kappa shape index (κ1) is 18.2. The molecule has 0 unspecified atom stereocenters. The van der Waals surface area contributed by atoms with E-state index >= 15 is 0 Å². The number of nitrogens with zero attached hydrogens (tertiary/aromatic N) is 2. The average molecular weight is 359 g/mol. The maximum absolute atomic E-state index is 10.8. The van der Waals surface area contributed by atoms with Gasteiger partial charge < -0.3 is 10.0 Å². The van der Waals surface area contributed by atoms with Crippen LogP contribution in [0, 0.1) is 0 Å². The monoisotopic (exact) mass is 359 g/mol. The highest BCUT2D eigenvalue weighted by Crippen LogP contribution is 2.16. The Kier molecular flexibility index (Phi) is 5.84. The highest BCUT2D eigenvalue weighted by molar-refractivity contribution is 5.88. The van der Waals surface area contributed by atoms with Crippen LogP contribution in [-0.4, -0.2) is 24.3 Å². The Bertz CT molecular complexity index is 905. The van der Waals surface area contributed by atoms with Crippen molar-refractivity contribution < 1.29 is 9.90 Å². The minimum atomic E-state index is -0.942. The summed E-state index contributed by atoms with van der Waals surface area (Å²) in [5.41, 5.74) is 7.25. The lowest BCUT2D eigenvalue weighted by molar-refractivity contribution is 0.0697. The molecule has 0 spiro atoms. The summed E-state index contributed by atoms with van der Waals surface area (Å²) in [4.78, 5) is 13.0. The molecule has 0 aromatic heterocycles. The second kappa shape index (κ2) is 8.67. The van der Waals surface area contributed by atoms with Gasteiger partial charge in [0.15, 0.2) is 0 Å². The topological polar surface area (TPSA) is 64.9 Å². The second-order valence-corrected chi connectivity index (χ2v) is 6.19. The number of hydrogen-bond donors (Lipinski definition) is 2. The molecule has 0 aliphatic heterocycles. The highest BCUT2D eigenvalue weighted by atomic mass is 16.4. The fourth-order valence-electron chi connectivity index (χ4n) is 2.63. The SMILES string of the molecule is CN(Cc1ccccc1)c1ccc(C=NNc2ccc(C(=O)O)cc2)cc1. The van der Waals surface area contributed by atoms with Crippen molar-refractivity contribution in [3.05, 3.63) is 95.6 Å². The van der Waals surface area contributed by atoms with E-state index in [9.17, 15) is 4.79 Å². The van der Waals surface area contributed by atoms with Crippen LogP contribution in [0.1, 0.15) is 21.5 Å². The van der Waals surface area contributed by atoms with Crippen LogP contribution in [0.3, 0.4) is 0 Å². The van der Waals surface area contributed by atoms with Crippen LogP contribution in [0.15, 0.2) is 84.0 Å². The van der Waals surface area contributed by atoms with Crippen LogP contribution in [0.5, 0.6) is 0 Å². The third kappa shape index (κ3) is 5.19. The first-order chi connectivity index (χ1) is 13.1. The molecule has 3 aromatic rings. The van der Waals surface area contributed by atoms with Gasteiger partial charge in [-0.2, -0.15) is 5.10 Å². The molecule has 0 radical (unpaired) electrons. The Morgan fingerprint density at radius 1 is 1.00 bits per heavy atom. The summed E-state index contributed by atoms with van der Waals surface area (Å²) in [6, 6.07) is 24.9. The lowest BCUT2D eigenvalue weighted by atomic mass is 10.2. The minimum absolute atomic E-state index is 0.250. The maximum Gasteiger partial charge on any atom is 0.335 e. The number of aromatic carboxylic acids is 1. The normalized spacial score (nSPS) is 10.7. The van der Waals surface area contributed by atoms with Gasteiger partial charge in [-0.3, -0.25) is 5.43 Å². The molecular weight excluding hydrogens is 338 g/mol. The Hall–Kier alpha value is -3.60. The number of benzene rings is 3. The summed E-state index contributed by atoms with van der Waals surface area (Å²) in [5.74, 6) is -0.942. The van der Waals surface area contributed by atoms with Crippen molar-refractivity contribution in [2.24, 2.45) is 5.10 Å². The zero-order valence-corrected chi connectivity index (χ0v) is 15.0. The van der Waals surface area contributed by atoms with Gasteiger partial charge in [0.2, 0.25) is 0 Å². The number of hydrazone groups is 1. The van der Waals surface area contributed by atoms with E-state index in [-0.39, 0.29) is 5.56 Å². The number of hydrogen-bond acceptors (Lipinski definition) is 4. The lowest BCUT2D eigenvalue weighted by Crippen LogP contribution is -2.16. The van der Waals surface area contributed by atoms with Crippen LogP contribution in [0.4, 0.5) is 11.4 Å². The molecule has 2 N–H and O–H groups in total. The van der Waals surface area contributed by atoms with Crippen LogP contribution in [0.25, 0.3) is 0 Å². The van der Waals surface area contributed by atoms with Gasteiger partial charge in [-0.05, 0) is 47.5 Å². The molecule has 3 rings (SSSR count). The molecule has 0 atom stereocenters. The third-order valence-electron chi connectivity index (χ3n) is 4.14. The standard InChI is InChI=1S/C22H21N3O2/c1-25(16-18-5-3-2-4-6-18)21-13-7-17(8-14-21)15-23-24-20-11-9-19(10-12-20)22(26)27/h2-15,24H,16H2,1H3,(H,26,27). The highest BCUT2D eigenvalue weighted by Gasteiger charge is 2.02. The van der Waals surface area contributed by atoms with Crippen LogP contribution >= 0.6 is 0 Å². The summed E-state index contributed by atoms with van der Waals surface area (Å²) in [5, 5.41) is 13.1. The van der Waals surface area contributed by atoms with Gasteiger partial charge in [0.1, 0.15) is 0 Å². The molecule has 0 saturated carbocycles. The van der Waals surface area contributed by atoms with Crippen molar-refractivity contribution in [2.75, 3.05) is 17.4 Å². The zero-order valence-electron chi connectivity index (χ0n) is 15.0. The molecule has 0 amide bonds. The predicted octanol–water partition coefficient (Wildman–Crippen LogP) is 4.47. The van der Waals surface area contributed by atoms with Crippen molar-refractivity contribution in [3.63, 3.8) is 0 Å². The molecule has 27 heavy (non-hydrogen) atoms. The average Bonchev–Trinajstić information content (AvgIpc) is 2.69. The van der Waals surface area contributed by atoms with E-state index in [0.29, 0.717) is 0 Å². The van der Waals surface area contributed by atoms with E-state index in [4.69, 9.17) is 5.11 Å². The predicted molar refractivity (Wildman–Crippen MR) is 110 cm³/mol. The molecular formula is C22H21N3O2.